The van der Waals surface area contributed by atoms with E-state index in [9.17, 15) is 29.1 Å². The lowest BCUT2D eigenvalue weighted by Crippen LogP contribution is -2.61. The first-order valence-electron chi connectivity index (χ1n) is 21.9. The Kier molecular flexibility index (Phi) is 15.6. The Balaban J connectivity index is 1.43. The van der Waals surface area contributed by atoms with Gasteiger partial charge in [-0.25, -0.2) is 14.0 Å². The van der Waals surface area contributed by atoms with Gasteiger partial charge in [0.1, 0.15) is 23.7 Å². The van der Waals surface area contributed by atoms with Gasteiger partial charge in [-0.3, -0.25) is 19.1 Å². The molecule has 0 radical (unpaired) electrons. The van der Waals surface area contributed by atoms with Crippen molar-refractivity contribution >= 4 is 35.2 Å². The molecule has 17 nitrogen and oxygen atoms in total. The number of anilines is 1. The van der Waals surface area contributed by atoms with Gasteiger partial charge in [0.25, 0.3) is 5.67 Å². The third-order valence-electron chi connectivity index (χ3n) is 13.2. The Labute approximate surface area is 369 Å². The average molecular weight is 887 g/mol. The summed E-state index contributed by atoms with van der Waals surface area (Å²) in [5.74, 6) is -6.12. The fourth-order valence-electron chi connectivity index (χ4n) is 9.77. The number of aryl methyl sites for hydroxylation is 1. The summed E-state index contributed by atoms with van der Waals surface area (Å²) in [6.07, 6.45) is -2.76. The number of benzene rings is 1. The number of methoxy groups -OCH3 is 1. The molecule has 2 amide bonds. The van der Waals surface area contributed by atoms with E-state index in [0.717, 1.165) is 12.5 Å². The number of unbranched alkanes of at least 4 members (excludes halogenated alkanes) is 1. The van der Waals surface area contributed by atoms with Gasteiger partial charge in [0.05, 0.1) is 30.0 Å². The maximum Gasteiger partial charge on any atom is 0.410 e. The van der Waals surface area contributed by atoms with Crippen LogP contribution >= 0.6 is 0 Å². The molecule has 5 rings (SSSR count). The molecule has 3 aliphatic rings. The predicted octanol–water partition coefficient (Wildman–Crippen LogP) is 4.98. The van der Waals surface area contributed by atoms with Crippen LogP contribution in [-0.2, 0) is 49.4 Å². The predicted molar refractivity (Wildman–Crippen MR) is 229 cm³/mol. The number of hydrogen-bond donors (Lipinski definition) is 2. The first kappa shape index (κ1) is 49.7. The number of carbonyl (C=O) groups is 5. The van der Waals surface area contributed by atoms with Gasteiger partial charge < -0.3 is 43.9 Å². The molecule has 350 valence electrons. The number of likely N-dealkylation sites (N-methyl/N-ethyl adjacent to an activating group) is 1. The summed E-state index contributed by atoms with van der Waals surface area (Å²) >= 11 is 0. The molecule has 0 aliphatic carbocycles. The summed E-state index contributed by atoms with van der Waals surface area (Å²) in [6.45, 7) is 14.5. The number of carbonyl (C=O) groups excluding carboxylic acids is 5. The normalized spacial score (nSPS) is 35.8. The first-order chi connectivity index (χ1) is 29.5. The summed E-state index contributed by atoms with van der Waals surface area (Å²) in [5, 5.41) is 22.7. The van der Waals surface area contributed by atoms with Crippen molar-refractivity contribution in [2.75, 3.05) is 33.1 Å². The lowest BCUT2D eigenvalue weighted by atomic mass is 9.73. The van der Waals surface area contributed by atoms with Crippen LogP contribution in [0, 0.1) is 17.8 Å². The molecule has 13 atom stereocenters. The van der Waals surface area contributed by atoms with Gasteiger partial charge in [0.2, 0.25) is 5.91 Å². The van der Waals surface area contributed by atoms with Crippen LogP contribution in [0.15, 0.2) is 30.5 Å². The molecule has 63 heavy (non-hydrogen) atoms. The van der Waals surface area contributed by atoms with Crippen LogP contribution in [0.5, 0.6) is 0 Å². The summed E-state index contributed by atoms with van der Waals surface area (Å²) < 4.78 is 49.2. The number of aromatic nitrogens is 3. The number of rotatable bonds is 12. The first-order valence-corrected chi connectivity index (χ1v) is 21.9. The standard InChI is InChI=1S/C45H67FN6O11/c1-13-34-45(9)37(52(42(58)63-45)20-15-14-19-51-24-32(48-49-51)30-17-16-18-31(22-30)47-29(6)53)27(4)35(54)25(2)23-43(7,59-12)39(28(5)38(56)44(8,46)41(57)61-34)62-40-36(55)33(50(10)11)21-26(3)60-40/h16-18,22,24-28,33-34,36-37,39-40,55H,13-15,19-21,23H2,1-12H3,(H,47,53)/t25-,26-,27+,28+,33+,34-,36-,37-,39-,40+,43-,44+,45-/m1/s1. The van der Waals surface area contributed by atoms with Crippen molar-refractivity contribution in [3.05, 3.63) is 30.5 Å². The molecule has 3 saturated heterocycles. The van der Waals surface area contributed by atoms with Gasteiger partial charge in [-0.2, -0.15) is 0 Å². The van der Waals surface area contributed by atoms with Gasteiger partial charge in [-0.05, 0) is 86.0 Å². The van der Waals surface area contributed by atoms with E-state index in [1.807, 2.05) is 38.1 Å². The molecule has 4 heterocycles. The molecule has 1 aromatic heterocycles. The third kappa shape index (κ3) is 10.5. The lowest BCUT2D eigenvalue weighted by Gasteiger charge is -2.47. The van der Waals surface area contributed by atoms with Gasteiger partial charge in [-0.1, -0.05) is 45.0 Å². The number of Topliss-reactive ketones (excluding diaryl/α,β-unsaturated/α-hetero) is 2. The molecular weight excluding hydrogens is 820 g/mol. The molecule has 3 aliphatic heterocycles. The number of esters is 1. The van der Waals surface area contributed by atoms with Crippen LogP contribution in [0.1, 0.15) is 94.4 Å². The lowest BCUT2D eigenvalue weighted by molar-refractivity contribution is -0.295. The zero-order valence-corrected chi connectivity index (χ0v) is 38.8. The number of nitrogens with zero attached hydrogens (tertiary/aromatic N) is 5. The Morgan fingerprint density at radius 2 is 1.75 bits per heavy atom. The second-order valence-electron chi connectivity index (χ2n) is 18.4. The summed E-state index contributed by atoms with van der Waals surface area (Å²) in [7, 11) is 5.03. The maximum absolute atomic E-state index is 16.9. The van der Waals surface area contributed by atoms with Crippen molar-refractivity contribution in [1.82, 2.24) is 24.8 Å². The quantitative estimate of drug-likeness (QED) is 0.164. The maximum atomic E-state index is 16.9. The fraction of sp³-hybridized carbons (Fsp3) is 0.711. The number of aliphatic hydroxyl groups is 1. The van der Waals surface area contributed by atoms with Crippen molar-refractivity contribution in [2.24, 2.45) is 17.8 Å². The van der Waals surface area contributed by atoms with Crippen molar-refractivity contribution in [2.45, 2.75) is 161 Å². The van der Waals surface area contributed by atoms with E-state index in [4.69, 9.17) is 23.7 Å². The van der Waals surface area contributed by atoms with E-state index in [1.54, 1.807) is 57.6 Å². The summed E-state index contributed by atoms with van der Waals surface area (Å²) in [4.78, 5) is 71.8. The number of aliphatic hydroxyl groups excluding tert-OH is 1. The number of ketones is 2. The van der Waals surface area contributed by atoms with Crippen molar-refractivity contribution < 1.29 is 57.2 Å². The molecule has 3 fully saturated rings. The molecule has 1 aromatic carbocycles. The van der Waals surface area contributed by atoms with E-state index in [0.29, 0.717) is 37.2 Å². The zero-order chi connectivity index (χ0) is 46.8. The molecule has 0 spiro atoms. The van der Waals surface area contributed by atoms with Crippen molar-refractivity contribution in [1.29, 1.82) is 0 Å². The number of nitrogens with one attached hydrogen (secondary N) is 1. The minimum atomic E-state index is -3.20. The topological polar surface area (TPSA) is 201 Å². The molecular formula is C45H67FN6O11. The van der Waals surface area contributed by atoms with E-state index in [1.165, 1.54) is 25.9 Å². The second kappa shape index (κ2) is 19.8. The van der Waals surface area contributed by atoms with Crippen LogP contribution in [0.3, 0.4) is 0 Å². The van der Waals surface area contributed by atoms with Crippen LogP contribution in [0.4, 0.5) is 14.9 Å². The number of fused-ring (bicyclic) bond motifs is 1. The zero-order valence-electron chi connectivity index (χ0n) is 38.8. The number of alkyl halides is 1. The number of ether oxygens (including phenoxy) is 5. The minimum Gasteiger partial charge on any atom is -0.455 e. The Bertz CT molecular complexity index is 1980. The molecule has 0 unspecified atom stereocenters. The Hall–Kier alpha value is -4.36. The highest BCUT2D eigenvalue weighted by atomic mass is 19.1. The number of hydrogen-bond acceptors (Lipinski definition) is 14. The van der Waals surface area contributed by atoms with E-state index >= 15 is 4.39 Å². The van der Waals surface area contributed by atoms with E-state index in [2.05, 4.69) is 15.6 Å². The SMILES string of the molecule is CC[C@H]1OC(=O)[C@@](C)(F)C(=O)[C@H](C)[C@@H](O[C@@H]2O[C@H](C)C[C@H](N(C)C)[C@H]2O)[C@](C)(OC)C[C@@H](C)C(=O)[C@H](C)[C@H]2N(CCCCn3cc(-c4cccc(NC(C)=O)c4)nn3)C(=O)O[C@]12C. The third-order valence-corrected chi connectivity index (χ3v) is 13.2. The number of amides is 2. The van der Waals surface area contributed by atoms with Gasteiger partial charge in [0, 0.05) is 62.2 Å². The molecule has 0 bridgehead atoms. The average Bonchev–Trinajstić information content (AvgIpc) is 3.80. The Morgan fingerprint density at radius 3 is 2.38 bits per heavy atom. The molecule has 2 aromatic rings. The second-order valence-corrected chi connectivity index (χ2v) is 18.4. The van der Waals surface area contributed by atoms with Crippen molar-refractivity contribution in [3.8, 4) is 11.3 Å². The molecule has 2 N–H and O–H groups in total. The summed E-state index contributed by atoms with van der Waals surface area (Å²) in [6, 6.07) is 5.90. The van der Waals surface area contributed by atoms with Crippen LogP contribution < -0.4 is 5.32 Å². The van der Waals surface area contributed by atoms with Crippen LogP contribution in [0.25, 0.3) is 11.3 Å². The fourth-order valence-corrected chi connectivity index (χ4v) is 9.77. The van der Waals surface area contributed by atoms with Crippen molar-refractivity contribution in [3.63, 3.8) is 0 Å². The summed E-state index contributed by atoms with van der Waals surface area (Å²) in [5.41, 5.74) is -4.29. The highest BCUT2D eigenvalue weighted by molar-refractivity contribution is 6.08. The van der Waals surface area contributed by atoms with E-state index < -0.39 is 83.1 Å². The molecule has 0 saturated carbocycles. The largest absolute Gasteiger partial charge is 0.455 e. The van der Waals surface area contributed by atoms with Crippen LogP contribution in [0.2, 0.25) is 0 Å². The van der Waals surface area contributed by atoms with Gasteiger partial charge in [0.15, 0.2) is 17.7 Å². The number of halogens is 1. The monoisotopic (exact) mass is 886 g/mol. The van der Waals surface area contributed by atoms with E-state index in [-0.39, 0.29) is 43.2 Å². The highest BCUT2D eigenvalue weighted by Gasteiger charge is 2.61. The van der Waals surface area contributed by atoms with Gasteiger partial charge in [-0.15, -0.1) is 5.10 Å². The van der Waals surface area contributed by atoms with Crippen LogP contribution in [-0.4, -0.2) is 147 Å². The highest BCUT2D eigenvalue weighted by Crippen LogP contribution is 2.44. The number of cyclic esters (lactones) is 1. The molecule has 18 heteroatoms. The smallest absolute Gasteiger partial charge is 0.410 e. The minimum absolute atomic E-state index is 0.0231. The Morgan fingerprint density at radius 1 is 1.06 bits per heavy atom. The van der Waals surface area contributed by atoms with Gasteiger partial charge >= 0.3 is 12.1 Å².